The van der Waals surface area contributed by atoms with E-state index in [4.69, 9.17) is 27.3 Å². The Labute approximate surface area is 113 Å². The summed E-state index contributed by atoms with van der Waals surface area (Å²) in [4.78, 5) is 1.34. The average molecular weight is 283 g/mol. The van der Waals surface area contributed by atoms with Crippen molar-refractivity contribution in [3.8, 4) is 5.75 Å². The highest BCUT2D eigenvalue weighted by atomic mass is 35.5. The van der Waals surface area contributed by atoms with Crippen LogP contribution in [-0.2, 0) is 13.7 Å². The number of ether oxygens (including phenoxy) is 1. The third kappa shape index (κ3) is 3.10. The molecular formula is C10H11ClN6O2. The molecule has 100 valence electrons. The maximum absolute atomic E-state index is 8.57. The van der Waals surface area contributed by atoms with Crippen molar-refractivity contribution >= 4 is 17.4 Å². The molecule has 0 saturated heterocycles. The number of nitrogens with two attached hydrogens (primary N) is 1. The highest BCUT2D eigenvalue weighted by Crippen LogP contribution is 2.25. The van der Waals surface area contributed by atoms with Gasteiger partial charge in [-0.3, -0.25) is 0 Å². The van der Waals surface area contributed by atoms with Gasteiger partial charge in [0.1, 0.15) is 5.75 Å². The number of oxime groups is 1. The van der Waals surface area contributed by atoms with Crippen LogP contribution < -0.4 is 10.5 Å². The van der Waals surface area contributed by atoms with Crippen molar-refractivity contribution in [1.82, 2.24) is 20.2 Å². The van der Waals surface area contributed by atoms with Crippen LogP contribution in [0.15, 0.2) is 23.4 Å². The zero-order valence-corrected chi connectivity index (χ0v) is 10.7. The lowest BCUT2D eigenvalue weighted by Crippen LogP contribution is -2.12. The number of nitrogens with zero attached hydrogens (tertiary/aromatic N) is 5. The molecule has 19 heavy (non-hydrogen) atoms. The first kappa shape index (κ1) is 13.1. The van der Waals surface area contributed by atoms with Gasteiger partial charge in [0.25, 0.3) is 0 Å². The SMILES string of the molecule is Cn1nnc(COc2ccc(/C(N)=N/O)cc2Cl)n1. The molecule has 0 aliphatic heterocycles. The minimum Gasteiger partial charge on any atom is -0.484 e. The molecule has 1 aromatic carbocycles. The quantitative estimate of drug-likeness (QED) is 0.366. The predicted octanol–water partition coefficient (Wildman–Crippen LogP) is 0.537. The van der Waals surface area contributed by atoms with Crippen LogP contribution >= 0.6 is 11.6 Å². The van der Waals surface area contributed by atoms with Gasteiger partial charge in [-0.2, -0.15) is 4.80 Å². The molecule has 0 unspecified atom stereocenters. The minimum atomic E-state index is -0.0240. The largest absolute Gasteiger partial charge is 0.484 e. The molecule has 3 N–H and O–H groups in total. The van der Waals surface area contributed by atoms with Crippen molar-refractivity contribution in [3.63, 3.8) is 0 Å². The van der Waals surface area contributed by atoms with Crippen molar-refractivity contribution < 1.29 is 9.94 Å². The Morgan fingerprint density at radius 1 is 1.58 bits per heavy atom. The standard InChI is InChI=1S/C10H11ClN6O2/c1-17-14-9(13-16-17)5-19-8-3-2-6(4-7(8)11)10(12)15-18/h2-4,18H,5H2,1H3,(H2,12,15). The van der Waals surface area contributed by atoms with Gasteiger partial charge in [-0.25, -0.2) is 0 Å². The van der Waals surface area contributed by atoms with Gasteiger partial charge in [0, 0.05) is 5.56 Å². The summed E-state index contributed by atoms with van der Waals surface area (Å²) < 4.78 is 5.45. The Hall–Kier alpha value is -2.35. The van der Waals surface area contributed by atoms with Crippen molar-refractivity contribution in [3.05, 3.63) is 34.6 Å². The Kier molecular flexibility index (Phi) is 3.81. The number of hydrogen-bond acceptors (Lipinski definition) is 6. The Morgan fingerprint density at radius 3 is 2.95 bits per heavy atom. The van der Waals surface area contributed by atoms with Crippen LogP contribution in [0.2, 0.25) is 5.02 Å². The van der Waals surface area contributed by atoms with Gasteiger partial charge in [0.15, 0.2) is 12.4 Å². The highest BCUT2D eigenvalue weighted by Gasteiger charge is 2.08. The minimum absolute atomic E-state index is 0.0240. The topological polar surface area (TPSA) is 111 Å². The van der Waals surface area contributed by atoms with Crippen LogP contribution in [0.4, 0.5) is 0 Å². The van der Waals surface area contributed by atoms with E-state index in [1.54, 1.807) is 19.2 Å². The second-order valence-corrected chi connectivity index (χ2v) is 4.02. The zero-order valence-electron chi connectivity index (χ0n) is 9.99. The predicted molar refractivity (Wildman–Crippen MR) is 67.1 cm³/mol. The molecular weight excluding hydrogens is 272 g/mol. The van der Waals surface area contributed by atoms with Gasteiger partial charge in [0.05, 0.1) is 12.1 Å². The summed E-state index contributed by atoms with van der Waals surface area (Å²) in [5, 5.41) is 23.2. The van der Waals surface area contributed by atoms with Crippen LogP contribution in [0.3, 0.4) is 0 Å². The van der Waals surface area contributed by atoms with E-state index in [0.29, 0.717) is 22.2 Å². The maximum atomic E-state index is 8.57. The van der Waals surface area contributed by atoms with E-state index in [2.05, 4.69) is 20.6 Å². The normalized spacial score (nSPS) is 11.6. The fourth-order valence-electron chi connectivity index (χ4n) is 1.36. The number of aryl methyl sites for hydroxylation is 1. The molecule has 1 heterocycles. The molecule has 0 atom stereocenters. The molecule has 9 heteroatoms. The third-order valence-electron chi connectivity index (χ3n) is 2.24. The second kappa shape index (κ2) is 5.53. The number of hydrogen-bond donors (Lipinski definition) is 2. The number of amidine groups is 1. The van der Waals surface area contributed by atoms with Gasteiger partial charge >= 0.3 is 0 Å². The molecule has 0 amide bonds. The molecule has 2 aromatic rings. The zero-order chi connectivity index (χ0) is 13.8. The molecule has 8 nitrogen and oxygen atoms in total. The van der Waals surface area contributed by atoms with Gasteiger partial charge in [-0.05, 0) is 23.4 Å². The first-order valence-corrected chi connectivity index (χ1v) is 5.61. The molecule has 0 bridgehead atoms. The lowest BCUT2D eigenvalue weighted by Gasteiger charge is -2.07. The van der Waals surface area contributed by atoms with Gasteiger partial charge < -0.3 is 15.7 Å². The number of benzene rings is 1. The number of rotatable bonds is 4. The summed E-state index contributed by atoms with van der Waals surface area (Å²) in [5.74, 6) is 0.867. The summed E-state index contributed by atoms with van der Waals surface area (Å²) >= 11 is 6.02. The van der Waals surface area contributed by atoms with Crippen LogP contribution in [0, 0.1) is 0 Å². The van der Waals surface area contributed by atoms with E-state index in [9.17, 15) is 0 Å². The van der Waals surface area contributed by atoms with E-state index in [0.717, 1.165) is 0 Å². The van der Waals surface area contributed by atoms with Crippen molar-refractivity contribution in [1.29, 1.82) is 0 Å². The van der Waals surface area contributed by atoms with E-state index in [1.807, 2.05) is 0 Å². The molecule has 2 rings (SSSR count). The van der Waals surface area contributed by atoms with Crippen molar-refractivity contribution in [2.24, 2.45) is 17.9 Å². The first-order valence-electron chi connectivity index (χ1n) is 5.23. The molecule has 0 spiro atoms. The van der Waals surface area contributed by atoms with Gasteiger partial charge in [-0.15, -0.1) is 10.2 Å². The average Bonchev–Trinajstić information content (AvgIpc) is 2.82. The fraction of sp³-hybridized carbons (Fsp3) is 0.200. The summed E-state index contributed by atoms with van der Waals surface area (Å²) in [6.45, 7) is 0.149. The number of tetrazole rings is 1. The van der Waals surface area contributed by atoms with Crippen LogP contribution in [0.5, 0.6) is 5.75 Å². The van der Waals surface area contributed by atoms with Crippen LogP contribution in [0.25, 0.3) is 0 Å². The van der Waals surface area contributed by atoms with E-state index in [-0.39, 0.29) is 12.4 Å². The first-order chi connectivity index (χ1) is 9.10. The van der Waals surface area contributed by atoms with Crippen molar-refractivity contribution in [2.75, 3.05) is 0 Å². The van der Waals surface area contributed by atoms with E-state index >= 15 is 0 Å². The maximum Gasteiger partial charge on any atom is 0.212 e. The molecule has 0 saturated carbocycles. The lowest BCUT2D eigenvalue weighted by atomic mass is 10.2. The Morgan fingerprint density at radius 2 is 2.37 bits per heavy atom. The highest BCUT2D eigenvalue weighted by molar-refractivity contribution is 6.32. The molecule has 0 aliphatic carbocycles. The summed E-state index contributed by atoms with van der Waals surface area (Å²) in [7, 11) is 1.66. The Balaban J connectivity index is 2.09. The summed E-state index contributed by atoms with van der Waals surface area (Å²) in [6.07, 6.45) is 0. The Bertz CT molecular complexity index is 612. The third-order valence-corrected chi connectivity index (χ3v) is 2.54. The lowest BCUT2D eigenvalue weighted by molar-refractivity contribution is 0.295. The molecule has 1 aromatic heterocycles. The monoisotopic (exact) mass is 282 g/mol. The molecule has 0 aliphatic rings. The van der Waals surface area contributed by atoms with E-state index < -0.39 is 0 Å². The van der Waals surface area contributed by atoms with Crippen LogP contribution in [-0.4, -0.2) is 31.3 Å². The van der Waals surface area contributed by atoms with E-state index in [1.165, 1.54) is 10.9 Å². The van der Waals surface area contributed by atoms with Crippen molar-refractivity contribution in [2.45, 2.75) is 6.61 Å². The second-order valence-electron chi connectivity index (χ2n) is 3.61. The van der Waals surface area contributed by atoms with Gasteiger partial charge in [0.2, 0.25) is 5.82 Å². The molecule has 0 fully saturated rings. The number of halogens is 1. The summed E-state index contributed by atoms with van der Waals surface area (Å²) in [6, 6.07) is 4.78. The summed E-state index contributed by atoms with van der Waals surface area (Å²) in [5.41, 5.74) is 5.95. The van der Waals surface area contributed by atoms with Gasteiger partial charge in [-0.1, -0.05) is 16.8 Å². The smallest absolute Gasteiger partial charge is 0.212 e. The molecule has 0 radical (unpaired) electrons. The number of aromatic nitrogens is 4. The fourth-order valence-corrected chi connectivity index (χ4v) is 1.59. The van der Waals surface area contributed by atoms with Crippen LogP contribution in [0.1, 0.15) is 11.4 Å².